The lowest BCUT2D eigenvalue weighted by Gasteiger charge is -2.22. The first-order valence-electron chi connectivity index (χ1n) is 7.37. The summed E-state index contributed by atoms with van der Waals surface area (Å²) in [6.07, 6.45) is 0.785. The number of rotatable bonds is 5. The maximum atomic E-state index is 12.6. The summed E-state index contributed by atoms with van der Waals surface area (Å²) in [6.45, 7) is 5.20. The van der Waals surface area contributed by atoms with Crippen LogP contribution >= 0.6 is 0 Å². The molecular weight excluding hydrogens is 282 g/mol. The van der Waals surface area contributed by atoms with Gasteiger partial charge in [0, 0.05) is 6.04 Å². The van der Waals surface area contributed by atoms with Crippen LogP contribution < -0.4 is 10.6 Å². The minimum atomic E-state index is -1.13. The van der Waals surface area contributed by atoms with E-state index in [4.69, 9.17) is 0 Å². The van der Waals surface area contributed by atoms with Gasteiger partial charge < -0.3 is 10.6 Å². The molecule has 1 aromatic carbocycles. The standard InChI is InChI=1S/C16H21N3O3/c1-4-11(2)17-13(20)10-19-14(21)16(3,18-15(19)22)12-8-6-5-7-9-12/h5-9,11H,4,10H2,1-3H3,(H,17,20)(H,18,22). The predicted octanol–water partition coefficient (Wildman–Crippen LogP) is 1.37. The summed E-state index contributed by atoms with van der Waals surface area (Å²) in [5.74, 6) is -0.752. The van der Waals surface area contributed by atoms with Gasteiger partial charge in [0.2, 0.25) is 5.91 Å². The molecule has 2 atom stereocenters. The number of nitrogens with zero attached hydrogens (tertiary/aromatic N) is 1. The highest BCUT2D eigenvalue weighted by molar-refractivity contribution is 6.09. The lowest BCUT2D eigenvalue weighted by atomic mass is 9.92. The first kappa shape index (κ1) is 16.0. The van der Waals surface area contributed by atoms with Gasteiger partial charge in [-0.2, -0.15) is 0 Å². The molecule has 2 N–H and O–H groups in total. The Hall–Kier alpha value is -2.37. The Morgan fingerprint density at radius 1 is 1.32 bits per heavy atom. The molecule has 6 nitrogen and oxygen atoms in total. The Balaban J connectivity index is 2.14. The van der Waals surface area contributed by atoms with Crippen molar-refractivity contribution in [3.63, 3.8) is 0 Å². The van der Waals surface area contributed by atoms with Crippen LogP contribution in [0.15, 0.2) is 30.3 Å². The van der Waals surface area contributed by atoms with Crippen molar-refractivity contribution in [1.82, 2.24) is 15.5 Å². The number of carbonyl (C=O) groups is 3. The molecule has 0 aromatic heterocycles. The van der Waals surface area contributed by atoms with Gasteiger partial charge in [-0.05, 0) is 25.8 Å². The number of hydrogen-bond donors (Lipinski definition) is 2. The zero-order valence-electron chi connectivity index (χ0n) is 13.1. The molecule has 22 heavy (non-hydrogen) atoms. The molecule has 1 fully saturated rings. The first-order chi connectivity index (χ1) is 10.4. The Labute approximate surface area is 129 Å². The highest BCUT2D eigenvalue weighted by Crippen LogP contribution is 2.28. The smallest absolute Gasteiger partial charge is 0.325 e. The lowest BCUT2D eigenvalue weighted by molar-refractivity contribution is -0.135. The molecule has 2 rings (SSSR count). The van der Waals surface area contributed by atoms with Gasteiger partial charge >= 0.3 is 6.03 Å². The number of carbonyl (C=O) groups excluding carboxylic acids is 3. The zero-order chi connectivity index (χ0) is 16.3. The van der Waals surface area contributed by atoms with Crippen molar-refractivity contribution in [3.8, 4) is 0 Å². The number of urea groups is 1. The van der Waals surface area contributed by atoms with E-state index in [1.807, 2.05) is 19.9 Å². The predicted molar refractivity (Wildman–Crippen MR) is 81.9 cm³/mol. The van der Waals surface area contributed by atoms with E-state index in [1.165, 1.54) is 0 Å². The summed E-state index contributed by atoms with van der Waals surface area (Å²) in [7, 11) is 0. The molecule has 2 unspecified atom stereocenters. The molecule has 0 radical (unpaired) electrons. The molecule has 0 aliphatic carbocycles. The second-order valence-corrected chi connectivity index (χ2v) is 5.69. The molecule has 0 saturated carbocycles. The minimum Gasteiger partial charge on any atom is -0.352 e. The monoisotopic (exact) mass is 303 g/mol. The van der Waals surface area contributed by atoms with E-state index in [2.05, 4.69) is 10.6 Å². The molecule has 1 aliphatic rings. The van der Waals surface area contributed by atoms with Crippen LogP contribution in [0.4, 0.5) is 4.79 Å². The molecule has 118 valence electrons. The molecule has 1 aliphatic heterocycles. The van der Waals surface area contributed by atoms with Crippen LogP contribution in [0.2, 0.25) is 0 Å². The van der Waals surface area contributed by atoms with Gasteiger partial charge in [-0.15, -0.1) is 0 Å². The van der Waals surface area contributed by atoms with Crippen LogP contribution in [0.3, 0.4) is 0 Å². The summed E-state index contributed by atoms with van der Waals surface area (Å²) in [6, 6.07) is 8.47. The van der Waals surface area contributed by atoms with E-state index in [9.17, 15) is 14.4 Å². The Morgan fingerprint density at radius 3 is 2.55 bits per heavy atom. The molecule has 0 spiro atoms. The van der Waals surface area contributed by atoms with Crippen molar-refractivity contribution in [2.24, 2.45) is 0 Å². The SMILES string of the molecule is CCC(C)NC(=O)CN1C(=O)NC(C)(c2ccccc2)C1=O. The third-order valence-corrected chi connectivity index (χ3v) is 3.95. The number of benzene rings is 1. The van der Waals surface area contributed by atoms with Gasteiger partial charge in [-0.25, -0.2) is 4.79 Å². The van der Waals surface area contributed by atoms with Crippen molar-refractivity contribution in [2.75, 3.05) is 6.54 Å². The molecular formula is C16H21N3O3. The fraction of sp³-hybridized carbons (Fsp3) is 0.438. The molecule has 1 aromatic rings. The minimum absolute atomic E-state index is 0.00812. The van der Waals surface area contributed by atoms with Crippen LogP contribution in [-0.2, 0) is 15.1 Å². The second-order valence-electron chi connectivity index (χ2n) is 5.69. The highest BCUT2D eigenvalue weighted by atomic mass is 16.2. The van der Waals surface area contributed by atoms with Crippen LogP contribution in [0.1, 0.15) is 32.8 Å². The van der Waals surface area contributed by atoms with E-state index in [1.54, 1.807) is 31.2 Å². The fourth-order valence-electron chi connectivity index (χ4n) is 2.37. The third kappa shape index (κ3) is 2.95. The van der Waals surface area contributed by atoms with Crippen LogP contribution in [0.25, 0.3) is 0 Å². The number of amides is 4. The zero-order valence-corrected chi connectivity index (χ0v) is 13.1. The molecule has 1 saturated heterocycles. The summed E-state index contributed by atoms with van der Waals surface area (Å²) in [5, 5.41) is 5.43. The maximum absolute atomic E-state index is 12.6. The van der Waals surface area contributed by atoms with Crippen molar-refractivity contribution in [2.45, 2.75) is 38.8 Å². The van der Waals surface area contributed by atoms with E-state index in [-0.39, 0.29) is 18.5 Å². The van der Waals surface area contributed by atoms with Gasteiger partial charge in [0.1, 0.15) is 12.1 Å². The summed E-state index contributed by atoms with van der Waals surface area (Å²) >= 11 is 0. The average molecular weight is 303 g/mol. The van der Waals surface area contributed by atoms with Crippen molar-refractivity contribution < 1.29 is 14.4 Å². The van der Waals surface area contributed by atoms with Crippen LogP contribution in [0, 0.1) is 0 Å². The van der Waals surface area contributed by atoms with Crippen LogP contribution in [-0.4, -0.2) is 35.3 Å². The van der Waals surface area contributed by atoms with Crippen molar-refractivity contribution in [1.29, 1.82) is 0 Å². The quantitative estimate of drug-likeness (QED) is 0.806. The molecule has 0 bridgehead atoms. The van der Waals surface area contributed by atoms with Gasteiger partial charge in [-0.1, -0.05) is 37.3 Å². The maximum Gasteiger partial charge on any atom is 0.325 e. The average Bonchev–Trinajstić information content (AvgIpc) is 2.72. The lowest BCUT2D eigenvalue weighted by Crippen LogP contribution is -2.44. The van der Waals surface area contributed by atoms with Gasteiger partial charge in [-0.3, -0.25) is 14.5 Å². The summed E-state index contributed by atoms with van der Waals surface area (Å²) < 4.78 is 0. The largest absolute Gasteiger partial charge is 0.352 e. The van der Waals surface area contributed by atoms with Crippen molar-refractivity contribution in [3.05, 3.63) is 35.9 Å². The fourth-order valence-corrected chi connectivity index (χ4v) is 2.37. The Morgan fingerprint density at radius 2 is 1.95 bits per heavy atom. The van der Waals surface area contributed by atoms with Crippen molar-refractivity contribution >= 4 is 17.8 Å². The van der Waals surface area contributed by atoms with Gasteiger partial charge in [0.05, 0.1) is 0 Å². The first-order valence-corrected chi connectivity index (χ1v) is 7.37. The number of nitrogens with one attached hydrogen (secondary N) is 2. The van der Waals surface area contributed by atoms with E-state index >= 15 is 0 Å². The number of hydrogen-bond acceptors (Lipinski definition) is 3. The van der Waals surface area contributed by atoms with Crippen LogP contribution in [0.5, 0.6) is 0 Å². The van der Waals surface area contributed by atoms with E-state index in [0.29, 0.717) is 5.56 Å². The van der Waals surface area contributed by atoms with E-state index in [0.717, 1.165) is 11.3 Å². The molecule has 4 amide bonds. The summed E-state index contributed by atoms with van der Waals surface area (Å²) in [5.41, 5.74) is -0.437. The number of imide groups is 1. The van der Waals surface area contributed by atoms with Gasteiger partial charge in [0.25, 0.3) is 5.91 Å². The molecule has 1 heterocycles. The van der Waals surface area contributed by atoms with E-state index < -0.39 is 17.5 Å². The van der Waals surface area contributed by atoms with Gasteiger partial charge in [0.15, 0.2) is 0 Å². The topological polar surface area (TPSA) is 78.5 Å². The molecule has 6 heteroatoms. The highest BCUT2D eigenvalue weighted by Gasteiger charge is 2.49. The third-order valence-electron chi connectivity index (χ3n) is 3.95. The Kier molecular flexibility index (Phi) is 4.49. The second kappa shape index (κ2) is 6.17. The Bertz CT molecular complexity index is 588. The summed E-state index contributed by atoms with van der Waals surface area (Å²) in [4.78, 5) is 37.6. The normalized spacial score (nSPS) is 22.4.